The molecular weight excluding hydrogens is 232 g/mol. The Hall–Kier alpha value is -1.26. The molecule has 2 saturated carbocycles. The van der Waals surface area contributed by atoms with Crippen molar-refractivity contribution in [1.29, 1.82) is 0 Å². The third kappa shape index (κ3) is 2.76. The van der Waals surface area contributed by atoms with Crippen molar-refractivity contribution in [2.24, 2.45) is 5.92 Å². The highest BCUT2D eigenvalue weighted by Crippen LogP contribution is 2.35. The molecule has 5 nitrogen and oxygen atoms in total. The van der Waals surface area contributed by atoms with Gasteiger partial charge >= 0.3 is 12.0 Å². The predicted molar refractivity (Wildman–Crippen MR) is 67.3 cm³/mol. The quantitative estimate of drug-likeness (QED) is 0.719. The zero-order valence-electron chi connectivity index (χ0n) is 11.1. The number of urea groups is 1. The summed E-state index contributed by atoms with van der Waals surface area (Å²) >= 11 is 0. The van der Waals surface area contributed by atoms with Crippen molar-refractivity contribution in [2.75, 3.05) is 0 Å². The zero-order valence-corrected chi connectivity index (χ0v) is 11.1. The first-order valence-corrected chi connectivity index (χ1v) is 6.69. The Morgan fingerprint density at radius 2 is 1.67 bits per heavy atom. The second-order valence-electron chi connectivity index (χ2n) is 6.21. The Morgan fingerprint density at radius 1 is 1.11 bits per heavy atom. The van der Waals surface area contributed by atoms with Gasteiger partial charge in [-0.15, -0.1) is 0 Å². The summed E-state index contributed by atoms with van der Waals surface area (Å²) in [5, 5.41) is 14.9. The molecule has 0 unspecified atom stereocenters. The molecule has 0 bridgehead atoms. The number of aliphatic carboxylic acids is 1. The van der Waals surface area contributed by atoms with Crippen LogP contribution in [0.1, 0.15) is 52.4 Å². The smallest absolute Gasteiger partial charge is 0.329 e. The summed E-state index contributed by atoms with van der Waals surface area (Å²) in [6, 6.07) is -0.341. The molecule has 0 heterocycles. The first kappa shape index (κ1) is 13.2. The van der Waals surface area contributed by atoms with Gasteiger partial charge in [-0.1, -0.05) is 6.92 Å². The second-order valence-corrected chi connectivity index (χ2v) is 6.21. The average Bonchev–Trinajstić information content (AvgIpc) is 2.99. The number of hydrogen-bond acceptors (Lipinski definition) is 2. The molecule has 2 amide bonds. The van der Waals surface area contributed by atoms with Crippen molar-refractivity contribution >= 4 is 12.0 Å². The van der Waals surface area contributed by atoms with Crippen LogP contribution in [-0.4, -0.2) is 28.2 Å². The highest BCUT2D eigenvalue weighted by molar-refractivity contribution is 5.86. The maximum absolute atomic E-state index is 11.9. The van der Waals surface area contributed by atoms with Crippen LogP contribution in [0, 0.1) is 5.92 Å². The number of rotatable bonds is 3. The molecule has 0 aromatic rings. The number of carbonyl (C=O) groups excluding carboxylic acids is 1. The molecular formula is C13H22N2O3. The van der Waals surface area contributed by atoms with E-state index in [4.69, 9.17) is 0 Å². The number of carboxylic acids is 1. The summed E-state index contributed by atoms with van der Waals surface area (Å²) in [7, 11) is 0. The SMILES string of the molecule is CC1CCC(NC(=O)NC2(C)CC2)(C(=O)O)CC1. The van der Waals surface area contributed by atoms with Crippen LogP contribution in [0.4, 0.5) is 4.79 Å². The summed E-state index contributed by atoms with van der Waals surface area (Å²) in [5.74, 6) is -0.367. The molecule has 3 N–H and O–H groups in total. The van der Waals surface area contributed by atoms with E-state index in [2.05, 4.69) is 17.6 Å². The van der Waals surface area contributed by atoms with Crippen molar-refractivity contribution in [3.05, 3.63) is 0 Å². The van der Waals surface area contributed by atoms with Crippen LogP contribution in [0.25, 0.3) is 0 Å². The van der Waals surface area contributed by atoms with Crippen molar-refractivity contribution in [1.82, 2.24) is 10.6 Å². The van der Waals surface area contributed by atoms with E-state index < -0.39 is 11.5 Å². The van der Waals surface area contributed by atoms with Crippen molar-refractivity contribution in [2.45, 2.75) is 63.5 Å². The number of hydrogen-bond donors (Lipinski definition) is 3. The summed E-state index contributed by atoms with van der Waals surface area (Å²) in [4.78, 5) is 23.3. The van der Waals surface area contributed by atoms with Gasteiger partial charge in [-0.25, -0.2) is 9.59 Å². The van der Waals surface area contributed by atoms with Gasteiger partial charge in [0, 0.05) is 5.54 Å². The lowest BCUT2D eigenvalue weighted by Gasteiger charge is -2.36. The molecule has 0 aromatic carbocycles. The van der Waals surface area contributed by atoms with Crippen LogP contribution in [-0.2, 0) is 4.79 Å². The van der Waals surface area contributed by atoms with E-state index in [0.717, 1.165) is 25.7 Å². The number of nitrogens with one attached hydrogen (secondary N) is 2. The van der Waals surface area contributed by atoms with Crippen molar-refractivity contribution < 1.29 is 14.7 Å². The van der Waals surface area contributed by atoms with E-state index in [0.29, 0.717) is 18.8 Å². The Morgan fingerprint density at radius 3 is 2.11 bits per heavy atom. The first-order chi connectivity index (χ1) is 8.35. The van der Waals surface area contributed by atoms with Gasteiger partial charge in [-0.2, -0.15) is 0 Å². The fourth-order valence-corrected chi connectivity index (χ4v) is 2.48. The molecule has 0 atom stereocenters. The van der Waals surface area contributed by atoms with Crippen molar-refractivity contribution in [3.63, 3.8) is 0 Å². The molecule has 2 rings (SSSR count). The van der Waals surface area contributed by atoms with Gasteiger partial charge in [-0.3, -0.25) is 0 Å². The topological polar surface area (TPSA) is 78.4 Å². The predicted octanol–water partition coefficient (Wildman–Crippen LogP) is 1.87. The van der Waals surface area contributed by atoms with Gasteiger partial charge in [-0.05, 0) is 51.4 Å². The van der Waals surface area contributed by atoms with E-state index >= 15 is 0 Å². The molecule has 0 aliphatic heterocycles. The largest absolute Gasteiger partial charge is 0.480 e. The third-order valence-corrected chi connectivity index (χ3v) is 4.31. The molecule has 2 aliphatic rings. The molecule has 0 aromatic heterocycles. The van der Waals surface area contributed by atoms with Crippen LogP contribution in [0.3, 0.4) is 0 Å². The maximum Gasteiger partial charge on any atom is 0.329 e. The molecule has 5 heteroatoms. The van der Waals surface area contributed by atoms with Gasteiger partial charge in [0.05, 0.1) is 0 Å². The molecule has 18 heavy (non-hydrogen) atoms. The van der Waals surface area contributed by atoms with Gasteiger partial charge in [0.25, 0.3) is 0 Å². The lowest BCUT2D eigenvalue weighted by molar-refractivity contribution is -0.146. The van der Waals surface area contributed by atoms with E-state index in [1.54, 1.807) is 0 Å². The highest BCUT2D eigenvalue weighted by atomic mass is 16.4. The standard InChI is InChI=1S/C13H22N2O3/c1-9-3-5-13(6-4-9,10(16)17)15-11(18)14-12(2)7-8-12/h9H,3-8H2,1-2H3,(H,16,17)(H2,14,15,18). The Balaban J connectivity index is 1.97. The summed E-state index contributed by atoms with van der Waals surface area (Å²) in [5.41, 5.74) is -1.19. The van der Waals surface area contributed by atoms with Gasteiger partial charge in [0.1, 0.15) is 5.54 Å². The van der Waals surface area contributed by atoms with Gasteiger partial charge < -0.3 is 15.7 Å². The fraction of sp³-hybridized carbons (Fsp3) is 0.846. The Labute approximate surface area is 107 Å². The van der Waals surface area contributed by atoms with Crippen LogP contribution in [0.5, 0.6) is 0 Å². The van der Waals surface area contributed by atoms with Crippen LogP contribution in [0.15, 0.2) is 0 Å². The molecule has 2 fully saturated rings. The Kier molecular flexibility index (Phi) is 3.25. The molecule has 0 saturated heterocycles. The zero-order chi connectivity index (χ0) is 13.4. The van der Waals surface area contributed by atoms with E-state index in [-0.39, 0.29) is 11.6 Å². The Bertz CT molecular complexity index is 355. The monoisotopic (exact) mass is 254 g/mol. The molecule has 0 spiro atoms. The van der Waals surface area contributed by atoms with E-state index in [1.165, 1.54) is 0 Å². The average molecular weight is 254 g/mol. The third-order valence-electron chi connectivity index (χ3n) is 4.31. The van der Waals surface area contributed by atoms with E-state index in [9.17, 15) is 14.7 Å². The van der Waals surface area contributed by atoms with Gasteiger partial charge in [0.15, 0.2) is 0 Å². The number of carbonyl (C=O) groups is 2. The summed E-state index contributed by atoms with van der Waals surface area (Å²) in [6.07, 6.45) is 4.68. The normalized spacial score (nSPS) is 33.6. The second kappa shape index (κ2) is 4.44. The molecule has 102 valence electrons. The van der Waals surface area contributed by atoms with E-state index in [1.807, 2.05) is 6.92 Å². The summed E-state index contributed by atoms with van der Waals surface area (Å²) < 4.78 is 0. The minimum Gasteiger partial charge on any atom is -0.480 e. The summed E-state index contributed by atoms with van der Waals surface area (Å²) in [6.45, 7) is 4.10. The first-order valence-electron chi connectivity index (χ1n) is 6.69. The highest BCUT2D eigenvalue weighted by Gasteiger charge is 2.45. The number of amides is 2. The lowest BCUT2D eigenvalue weighted by Crippen LogP contribution is -2.59. The van der Waals surface area contributed by atoms with Crippen molar-refractivity contribution in [3.8, 4) is 0 Å². The van der Waals surface area contributed by atoms with Crippen LogP contribution < -0.4 is 10.6 Å². The van der Waals surface area contributed by atoms with Gasteiger partial charge in [0.2, 0.25) is 0 Å². The molecule has 0 radical (unpaired) electrons. The fourth-order valence-electron chi connectivity index (χ4n) is 2.48. The minimum atomic E-state index is -1.07. The minimum absolute atomic E-state index is 0.119. The van der Waals surface area contributed by atoms with Crippen LogP contribution >= 0.6 is 0 Å². The van der Waals surface area contributed by atoms with Crippen LogP contribution in [0.2, 0.25) is 0 Å². The maximum atomic E-state index is 11.9. The lowest BCUT2D eigenvalue weighted by atomic mass is 9.77. The number of carboxylic acid groups (broad SMARTS) is 1. The molecule has 2 aliphatic carbocycles.